The van der Waals surface area contributed by atoms with Crippen LogP contribution in [0.1, 0.15) is 37.4 Å². The van der Waals surface area contributed by atoms with E-state index in [4.69, 9.17) is 4.99 Å². The van der Waals surface area contributed by atoms with Crippen molar-refractivity contribution >= 4 is 21.6 Å². The van der Waals surface area contributed by atoms with Crippen molar-refractivity contribution in [1.82, 2.24) is 5.32 Å². The molecule has 2 atom stereocenters. The summed E-state index contributed by atoms with van der Waals surface area (Å²) in [5, 5.41) is 13.8. The van der Waals surface area contributed by atoms with Crippen LogP contribution < -0.4 is 5.32 Å². The second kappa shape index (κ2) is 6.85. The molecule has 0 unspecified atom stereocenters. The van der Waals surface area contributed by atoms with E-state index in [0.29, 0.717) is 11.7 Å². The van der Waals surface area contributed by atoms with E-state index in [1.54, 1.807) is 6.07 Å². The number of hydrogen-bond acceptors (Lipinski definition) is 3. The Labute approximate surface area is 145 Å². The van der Waals surface area contributed by atoms with Gasteiger partial charge < -0.3 is 5.11 Å². The summed E-state index contributed by atoms with van der Waals surface area (Å²) in [6.45, 7) is 4.32. The van der Waals surface area contributed by atoms with Crippen molar-refractivity contribution in [3.63, 3.8) is 0 Å². The number of benzene rings is 2. The third-order valence-electron chi connectivity index (χ3n) is 4.17. The number of nitrogens with one attached hydrogen (secondary N) is 1. The van der Waals surface area contributed by atoms with Gasteiger partial charge in [0, 0.05) is 28.2 Å². The number of aliphatic imine (C=N–C) groups is 1. The summed E-state index contributed by atoms with van der Waals surface area (Å²) >= 11 is 3.53. The molecule has 0 bridgehead atoms. The number of aromatic hydroxyl groups is 1. The first-order chi connectivity index (χ1) is 11.0. The lowest BCUT2D eigenvalue weighted by Gasteiger charge is -2.32. The van der Waals surface area contributed by atoms with Crippen LogP contribution in [0.25, 0.3) is 0 Å². The van der Waals surface area contributed by atoms with Gasteiger partial charge in [0.05, 0.1) is 0 Å². The summed E-state index contributed by atoms with van der Waals surface area (Å²) in [5.74, 6) is 0.716. The van der Waals surface area contributed by atoms with Crippen molar-refractivity contribution in [2.75, 3.05) is 0 Å². The quantitative estimate of drug-likeness (QED) is 0.822. The first-order valence-corrected chi connectivity index (χ1v) is 8.70. The van der Waals surface area contributed by atoms with E-state index < -0.39 is 0 Å². The first kappa shape index (κ1) is 16.2. The molecule has 3 rings (SSSR count). The van der Waals surface area contributed by atoms with E-state index in [9.17, 15) is 5.11 Å². The van der Waals surface area contributed by atoms with Crippen molar-refractivity contribution in [3.05, 3.63) is 64.1 Å². The van der Waals surface area contributed by atoms with E-state index >= 15 is 0 Å². The van der Waals surface area contributed by atoms with Gasteiger partial charge in [0.15, 0.2) is 0 Å². The molecule has 0 spiro atoms. The summed E-state index contributed by atoms with van der Waals surface area (Å²) in [6.07, 6.45) is 0.805. The number of phenols is 1. The molecule has 0 aliphatic carbocycles. The number of hydrogen-bond donors (Lipinski definition) is 2. The second-order valence-corrected chi connectivity index (χ2v) is 7.17. The maximum atomic E-state index is 10.2. The highest BCUT2D eigenvalue weighted by Crippen LogP contribution is 2.32. The summed E-state index contributed by atoms with van der Waals surface area (Å²) < 4.78 is 1.05. The topological polar surface area (TPSA) is 44.6 Å². The minimum atomic E-state index is 0.0438. The van der Waals surface area contributed by atoms with Crippen LogP contribution in [0, 0.1) is 5.92 Å². The van der Waals surface area contributed by atoms with Crippen molar-refractivity contribution in [1.29, 1.82) is 0 Å². The lowest BCUT2D eigenvalue weighted by molar-refractivity contribution is 0.345. The third-order valence-corrected chi connectivity index (χ3v) is 4.66. The van der Waals surface area contributed by atoms with Gasteiger partial charge >= 0.3 is 0 Å². The molecule has 0 radical (unpaired) electrons. The van der Waals surface area contributed by atoms with Crippen molar-refractivity contribution < 1.29 is 5.11 Å². The van der Waals surface area contributed by atoms with E-state index in [-0.39, 0.29) is 12.2 Å². The van der Waals surface area contributed by atoms with Crippen LogP contribution in [0.5, 0.6) is 5.75 Å². The number of nitrogens with zero attached hydrogens (tertiary/aromatic N) is 1. The zero-order valence-electron chi connectivity index (χ0n) is 13.3. The highest BCUT2D eigenvalue weighted by molar-refractivity contribution is 9.10. The Morgan fingerprint density at radius 1 is 1.17 bits per heavy atom. The van der Waals surface area contributed by atoms with Gasteiger partial charge in [0.1, 0.15) is 11.9 Å². The number of phenolic OH excluding ortho intramolecular Hbond substituents is 1. The van der Waals surface area contributed by atoms with Crippen LogP contribution in [0.15, 0.2) is 58.0 Å². The van der Waals surface area contributed by atoms with E-state index in [2.05, 4.69) is 47.2 Å². The number of para-hydroxylation sites is 1. The monoisotopic (exact) mass is 372 g/mol. The van der Waals surface area contributed by atoms with Gasteiger partial charge in [0.2, 0.25) is 0 Å². The molecule has 2 aromatic rings. The van der Waals surface area contributed by atoms with Crippen molar-refractivity contribution in [3.8, 4) is 5.75 Å². The molecule has 2 N–H and O–H groups in total. The Balaban J connectivity index is 1.98. The minimum Gasteiger partial charge on any atom is -0.508 e. The molecule has 0 saturated heterocycles. The fourth-order valence-electron chi connectivity index (χ4n) is 2.90. The molecular formula is C19H21BrN2O. The van der Waals surface area contributed by atoms with E-state index in [0.717, 1.165) is 27.7 Å². The maximum absolute atomic E-state index is 10.2. The van der Waals surface area contributed by atoms with Crippen molar-refractivity contribution in [2.24, 2.45) is 10.9 Å². The largest absolute Gasteiger partial charge is 0.508 e. The summed E-state index contributed by atoms with van der Waals surface area (Å²) in [4.78, 5) is 4.90. The van der Waals surface area contributed by atoms with Gasteiger partial charge in [-0.2, -0.15) is 0 Å². The molecule has 4 heteroatoms. The standard InChI is InChI=1S/C19H21BrN2O/c1-12(2)19-21-16(13-6-5-7-14(20)10-13)11-17(22-19)15-8-3-4-9-18(15)23/h3-10,12,17,19,22-23H,11H2,1-2H3/t17-,19-/m0/s1. The highest BCUT2D eigenvalue weighted by atomic mass is 79.9. The fourth-order valence-corrected chi connectivity index (χ4v) is 3.30. The van der Waals surface area contributed by atoms with Gasteiger partial charge in [-0.05, 0) is 29.7 Å². The molecule has 2 aromatic carbocycles. The molecule has 1 aliphatic heterocycles. The second-order valence-electron chi connectivity index (χ2n) is 6.26. The Hall–Kier alpha value is -1.65. The smallest absolute Gasteiger partial charge is 0.120 e. The molecule has 120 valence electrons. The zero-order chi connectivity index (χ0) is 16.4. The van der Waals surface area contributed by atoms with Crippen LogP contribution in [0.3, 0.4) is 0 Å². The fraction of sp³-hybridized carbons (Fsp3) is 0.316. The van der Waals surface area contributed by atoms with Crippen LogP contribution in [0.2, 0.25) is 0 Å². The molecule has 1 aliphatic rings. The van der Waals surface area contributed by atoms with Gasteiger partial charge in [-0.25, -0.2) is 0 Å². The minimum absolute atomic E-state index is 0.0438. The van der Waals surface area contributed by atoms with Crippen LogP contribution in [-0.4, -0.2) is 17.0 Å². The Kier molecular flexibility index (Phi) is 4.83. The van der Waals surface area contributed by atoms with Crippen LogP contribution in [-0.2, 0) is 0 Å². The van der Waals surface area contributed by atoms with Gasteiger partial charge in [-0.3, -0.25) is 10.3 Å². The van der Waals surface area contributed by atoms with E-state index in [1.807, 2.05) is 30.3 Å². The maximum Gasteiger partial charge on any atom is 0.120 e. The summed E-state index contributed by atoms with van der Waals surface area (Å²) in [6, 6.07) is 15.8. The molecule has 1 heterocycles. The highest BCUT2D eigenvalue weighted by Gasteiger charge is 2.28. The Bertz CT molecular complexity index is 727. The molecule has 0 fully saturated rings. The molecule has 0 saturated carbocycles. The van der Waals surface area contributed by atoms with Gasteiger partial charge in [-0.15, -0.1) is 0 Å². The lowest BCUT2D eigenvalue weighted by atomic mass is 9.93. The number of halogens is 1. The molecule has 3 nitrogen and oxygen atoms in total. The van der Waals surface area contributed by atoms with Gasteiger partial charge in [0.25, 0.3) is 0 Å². The molecular weight excluding hydrogens is 352 g/mol. The third kappa shape index (κ3) is 3.65. The number of rotatable bonds is 3. The SMILES string of the molecule is CC(C)[C@H]1N=C(c2cccc(Br)c2)C[C@@H](c2ccccc2O)N1. The van der Waals surface area contributed by atoms with Crippen LogP contribution in [0.4, 0.5) is 0 Å². The zero-order valence-corrected chi connectivity index (χ0v) is 14.9. The van der Waals surface area contributed by atoms with Crippen LogP contribution >= 0.6 is 15.9 Å². The molecule has 0 amide bonds. The molecule has 0 aromatic heterocycles. The predicted octanol–water partition coefficient (Wildman–Crippen LogP) is 4.66. The lowest BCUT2D eigenvalue weighted by Crippen LogP contribution is -2.41. The summed E-state index contributed by atoms with van der Waals surface area (Å²) in [7, 11) is 0. The van der Waals surface area contributed by atoms with Gasteiger partial charge in [-0.1, -0.05) is 60.1 Å². The first-order valence-electron chi connectivity index (χ1n) is 7.91. The average Bonchev–Trinajstić information content (AvgIpc) is 2.55. The molecule has 23 heavy (non-hydrogen) atoms. The normalized spacial score (nSPS) is 21.3. The Morgan fingerprint density at radius 3 is 2.65 bits per heavy atom. The van der Waals surface area contributed by atoms with Crippen molar-refractivity contribution in [2.45, 2.75) is 32.5 Å². The average molecular weight is 373 g/mol. The summed E-state index contributed by atoms with van der Waals surface area (Å²) in [5.41, 5.74) is 3.14. The van der Waals surface area contributed by atoms with E-state index in [1.165, 1.54) is 0 Å². The Morgan fingerprint density at radius 2 is 1.96 bits per heavy atom. The predicted molar refractivity (Wildman–Crippen MR) is 97.9 cm³/mol.